The molecule has 1 aromatic heterocycles. The lowest BCUT2D eigenvalue weighted by Gasteiger charge is -2.08. The largest absolute Gasteiger partial charge is 0.263 e. The molecule has 0 aromatic carbocycles. The van der Waals surface area contributed by atoms with Gasteiger partial charge in [-0.15, -0.1) is 11.6 Å². The summed E-state index contributed by atoms with van der Waals surface area (Å²) in [5.41, 5.74) is 1.09. The second-order valence-electron chi connectivity index (χ2n) is 3.06. The Balaban J connectivity index is 2.58. The first-order chi connectivity index (χ1) is 6.24. The van der Waals surface area contributed by atoms with Crippen molar-refractivity contribution in [3.63, 3.8) is 0 Å². The number of rotatable bonds is 4. The van der Waals surface area contributed by atoms with E-state index in [2.05, 4.69) is 11.9 Å². The highest BCUT2D eigenvalue weighted by molar-refractivity contribution is 6.31. The van der Waals surface area contributed by atoms with Gasteiger partial charge < -0.3 is 0 Å². The maximum absolute atomic E-state index is 6.11. The van der Waals surface area contributed by atoms with Gasteiger partial charge in [0.2, 0.25) is 0 Å². The van der Waals surface area contributed by atoms with E-state index in [-0.39, 0.29) is 5.38 Å². The number of alkyl halides is 1. The number of halogens is 2. The van der Waals surface area contributed by atoms with Gasteiger partial charge in [-0.1, -0.05) is 24.9 Å². The van der Waals surface area contributed by atoms with Crippen LogP contribution in [0.15, 0.2) is 18.5 Å². The van der Waals surface area contributed by atoms with E-state index >= 15 is 0 Å². The third-order valence-electron chi connectivity index (χ3n) is 1.90. The number of hydrogen-bond donors (Lipinski definition) is 0. The van der Waals surface area contributed by atoms with Crippen LogP contribution in [0.5, 0.6) is 0 Å². The summed E-state index contributed by atoms with van der Waals surface area (Å²) in [7, 11) is 0. The van der Waals surface area contributed by atoms with E-state index in [1.54, 1.807) is 12.4 Å². The van der Waals surface area contributed by atoms with Crippen molar-refractivity contribution in [1.29, 1.82) is 0 Å². The van der Waals surface area contributed by atoms with Crippen molar-refractivity contribution in [3.05, 3.63) is 29.0 Å². The summed E-state index contributed by atoms with van der Waals surface area (Å²) in [4.78, 5) is 3.92. The average Bonchev–Trinajstić information content (AvgIpc) is 2.09. The predicted molar refractivity (Wildman–Crippen MR) is 57.5 cm³/mol. The van der Waals surface area contributed by atoms with Crippen LogP contribution in [-0.4, -0.2) is 10.4 Å². The van der Waals surface area contributed by atoms with Gasteiger partial charge in [0.15, 0.2) is 0 Å². The normalized spacial score (nSPS) is 12.8. The number of nitrogens with zero attached hydrogens (tertiary/aromatic N) is 1. The molecule has 0 aliphatic heterocycles. The predicted octanol–water partition coefficient (Wildman–Crippen LogP) is 3.69. The van der Waals surface area contributed by atoms with Crippen LogP contribution in [0.4, 0.5) is 0 Å². The molecule has 0 saturated carbocycles. The first-order valence-corrected chi connectivity index (χ1v) is 5.28. The van der Waals surface area contributed by atoms with Gasteiger partial charge in [-0.05, 0) is 24.5 Å². The lowest BCUT2D eigenvalue weighted by Crippen LogP contribution is -2.03. The fourth-order valence-electron chi connectivity index (χ4n) is 1.22. The Morgan fingerprint density at radius 3 is 2.92 bits per heavy atom. The Labute approximate surface area is 89.1 Å². The molecule has 0 N–H and O–H groups in total. The topological polar surface area (TPSA) is 12.9 Å². The van der Waals surface area contributed by atoms with Gasteiger partial charge >= 0.3 is 0 Å². The lowest BCUT2D eigenvalue weighted by atomic mass is 10.1. The van der Waals surface area contributed by atoms with Crippen LogP contribution < -0.4 is 0 Å². The fraction of sp³-hybridized carbons (Fsp3) is 0.500. The summed E-state index contributed by atoms with van der Waals surface area (Å²) in [6.45, 7) is 2.13. The summed E-state index contributed by atoms with van der Waals surface area (Å²) in [6.07, 6.45) is 6.37. The minimum Gasteiger partial charge on any atom is -0.263 e. The quantitative estimate of drug-likeness (QED) is 0.702. The van der Waals surface area contributed by atoms with Crippen molar-refractivity contribution in [3.8, 4) is 0 Å². The van der Waals surface area contributed by atoms with E-state index in [0.717, 1.165) is 24.8 Å². The van der Waals surface area contributed by atoms with Crippen molar-refractivity contribution in [1.82, 2.24) is 4.98 Å². The zero-order chi connectivity index (χ0) is 9.68. The Bertz CT molecular complexity index is 263. The third kappa shape index (κ3) is 3.53. The summed E-state index contributed by atoms with van der Waals surface area (Å²) in [5.74, 6) is 0. The molecule has 3 heteroatoms. The van der Waals surface area contributed by atoms with Crippen molar-refractivity contribution in [2.75, 3.05) is 0 Å². The smallest absolute Gasteiger partial charge is 0.0621 e. The van der Waals surface area contributed by atoms with E-state index in [1.165, 1.54) is 0 Å². The van der Waals surface area contributed by atoms with Crippen LogP contribution in [0.2, 0.25) is 5.02 Å². The van der Waals surface area contributed by atoms with Crippen LogP contribution in [0.25, 0.3) is 0 Å². The van der Waals surface area contributed by atoms with Crippen LogP contribution in [0, 0.1) is 0 Å². The first-order valence-electron chi connectivity index (χ1n) is 4.46. The monoisotopic (exact) mass is 217 g/mol. The molecule has 72 valence electrons. The van der Waals surface area contributed by atoms with Crippen molar-refractivity contribution in [2.24, 2.45) is 0 Å². The van der Waals surface area contributed by atoms with E-state index in [1.807, 2.05) is 6.07 Å². The molecule has 0 amide bonds. The molecule has 1 heterocycles. The Morgan fingerprint density at radius 2 is 2.31 bits per heavy atom. The zero-order valence-electron chi connectivity index (χ0n) is 7.63. The van der Waals surface area contributed by atoms with Crippen molar-refractivity contribution in [2.45, 2.75) is 31.6 Å². The van der Waals surface area contributed by atoms with Gasteiger partial charge in [0.25, 0.3) is 0 Å². The molecule has 0 aliphatic carbocycles. The molecular weight excluding hydrogens is 205 g/mol. The SMILES string of the molecule is CCCC(Cl)Cc1ccncc1Cl. The van der Waals surface area contributed by atoms with Gasteiger partial charge in [0.1, 0.15) is 0 Å². The summed E-state index contributed by atoms with van der Waals surface area (Å²) in [6, 6.07) is 1.92. The summed E-state index contributed by atoms with van der Waals surface area (Å²) < 4.78 is 0. The van der Waals surface area contributed by atoms with Gasteiger partial charge in [0.05, 0.1) is 5.02 Å². The molecule has 0 bridgehead atoms. The van der Waals surface area contributed by atoms with Crippen molar-refractivity contribution < 1.29 is 0 Å². The molecule has 1 rings (SSSR count). The highest BCUT2D eigenvalue weighted by Crippen LogP contribution is 2.19. The van der Waals surface area contributed by atoms with E-state index in [9.17, 15) is 0 Å². The standard InChI is InChI=1S/C10H13Cl2N/c1-2-3-9(11)6-8-4-5-13-7-10(8)12/h4-5,7,9H,2-3,6H2,1H3. The molecule has 13 heavy (non-hydrogen) atoms. The van der Waals surface area contributed by atoms with Gasteiger partial charge in [-0.2, -0.15) is 0 Å². The number of aromatic nitrogens is 1. The van der Waals surface area contributed by atoms with E-state index < -0.39 is 0 Å². The fourth-order valence-corrected chi connectivity index (χ4v) is 1.80. The summed E-state index contributed by atoms with van der Waals surface area (Å²) >= 11 is 12.1. The highest BCUT2D eigenvalue weighted by Gasteiger charge is 2.07. The molecule has 1 atom stereocenters. The zero-order valence-corrected chi connectivity index (χ0v) is 9.15. The highest BCUT2D eigenvalue weighted by atomic mass is 35.5. The average molecular weight is 218 g/mol. The number of hydrogen-bond acceptors (Lipinski definition) is 1. The van der Waals surface area contributed by atoms with Gasteiger partial charge in [0, 0.05) is 17.8 Å². The van der Waals surface area contributed by atoms with Crippen LogP contribution in [-0.2, 0) is 6.42 Å². The Morgan fingerprint density at radius 1 is 1.54 bits per heavy atom. The van der Waals surface area contributed by atoms with Gasteiger partial charge in [-0.25, -0.2) is 0 Å². The molecule has 1 unspecified atom stereocenters. The molecule has 0 fully saturated rings. The lowest BCUT2D eigenvalue weighted by molar-refractivity contribution is 0.726. The molecular formula is C10H13Cl2N. The molecule has 0 saturated heterocycles. The van der Waals surface area contributed by atoms with E-state index in [4.69, 9.17) is 23.2 Å². The van der Waals surface area contributed by atoms with Gasteiger partial charge in [-0.3, -0.25) is 4.98 Å². The van der Waals surface area contributed by atoms with E-state index in [0.29, 0.717) is 5.02 Å². The molecule has 1 nitrogen and oxygen atoms in total. The Kier molecular flexibility index (Phi) is 4.54. The van der Waals surface area contributed by atoms with Crippen LogP contribution in [0.1, 0.15) is 25.3 Å². The van der Waals surface area contributed by atoms with Crippen LogP contribution in [0.3, 0.4) is 0 Å². The minimum absolute atomic E-state index is 0.185. The maximum Gasteiger partial charge on any atom is 0.0621 e. The maximum atomic E-state index is 6.11. The number of pyridine rings is 1. The molecule has 0 radical (unpaired) electrons. The summed E-state index contributed by atoms with van der Waals surface area (Å²) in [5, 5.41) is 0.897. The second-order valence-corrected chi connectivity index (χ2v) is 4.08. The molecule has 0 aliphatic rings. The molecule has 0 spiro atoms. The minimum atomic E-state index is 0.185. The Hall–Kier alpha value is -0.270. The molecule has 1 aromatic rings. The first kappa shape index (κ1) is 10.8. The van der Waals surface area contributed by atoms with Crippen LogP contribution >= 0.6 is 23.2 Å². The third-order valence-corrected chi connectivity index (χ3v) is 2.61. The second kappa shape index (κ2) is 5.46. The van der Waals surface area contributed by atoms with Crippen molar-refractivity contribution >= 4 is 23.2 Å².